The minimum Gasteiger partial charge on any atom is -0.465 e. The summed E-state index contributed by atoms with van der Waals surface area (Å²) in [7, 11) is -2.99. The number of nitrogens with zero attached hydrogens (tertiary/aromatic N) is 1. The van der Waals surface area contributed by atoms with Crippen molar-refractivity contribution in [2.24, 2.45) is 0 Å². The van der Waals surface area contributed by atoms with E-state index < -0.39 is 42.1 Å². The van der Waals surface area contributed by atoms with Gasteiger partial charge in [0.1, 0.15) is 0 Å². The van der Waals surface area contributed by atoms with E-state index in [-0.39, 0.29) is 10.5 Å². The first-order valence-corrected chi connectivity index (χ1v) is 7.34. The van der Waals surface area contributed by atoms with Gasteiger partial charge in [-0.05, 0) is 24.3 Å². The fourth-order valence-corrected chi connectivity index (χ4v) is 3.01. The Kier molecular flexibility index (Phi) is 6.19. The molecule has 0 amide bonds. The van der Waals surface area contributed by atoms with E-state index in [1.807, 2.05) is 0 Å². The molecule has 21 heavy (non-hydrogen) atoms. The standard InChI is InChI=1S/C12H15F2NO5S/c1-20-12(17)9-2-4-10(5-3-9)21(18,19)15(6-7-16)8-11(13)14/h2-5,11,16H,6-8H2,1H3. The molecular weight excluding hydrogens is 308 g/mol. The Morgan fingerprint density at radius 1 is 1.33 bits per heavy atom. The zero-order valence-electron chi connectivity index (χ0n) is 11.2. The summed E-state index contributed by atoms with van der Waals surface area (Å²) in [6, 6.07) is 4.69. The molecule has 0 heterocycles. The number of aliphatic hydroxyl groups excluding tert-OH is 1. The summed E-state index contributed by atoms with van der Waals surface area (Å²) in [5, 5.41) is 8.80. The number of sulfonamides is 1. The van der Waals surface area contributed by atoms with Gasteiger partial charge in [0.2, 0.25) is 10.0 Å². The number of benzene rings is 1. The van der Waals surface area contributed by atoms with Gasteiger partial charge in [0.15, 0.2) is 0 Å². The Morgan fingerprint density at radius 3 is 2.33 bits per heavy atom. The van der Waals surface area contributed by atoms with E-state index in [1.165, 1.54) is 19.2 Å². The van der Waals surface area contributed by atoms with Crippen LogP contribution in [0.2, 0.25) is 0 Å². The van der Waals surface area contributed by atoms with E-state index in [0.717, 1.165) is 12.1 Å². The predicted molar refractivity (Wildman–Crippen MR) is 69.6 cm³/mol. The molecule has 0 spiro atoms. The molecule has 0 fully saturated rings. The summed E-state index contributed by atoms with van der Waals surface area (Å²) in [5.41, 5.74) is 0.138. The second kappa shape index (κ2) is 7.43. The minimum atomic E-state index is -4.17. The fourth-order valence-electron chi connectivity index (χ4n) is 1.60. The van der Waals surface area contributed by atoms with Crippen molar-refractivity contribution in [1.29, 1.82) is 0 Å². The lowest BCUT2D eigenvalue weighted by molar-refractivity contribution is 0.0600. The lowest BCUT2D eigenvalue weighted by atomic mass is 10.2. The summed E-state index contributed by atoms with van der Waals surface area (Å²) in [5.74, 6) is -0.640. The summed E-state index contributed by atoms with van der Waals surface area (Å²) in [4.78, 5) is 11.0. The number of alkyl halides is 2. The van der Waals surface area contributed by atoms with Crippen LogP contribution in [0.5, 0.6) is 0 Å². The molecule has 118 valence electrons. The van der Waals surface area contributed by atoms with Crippen LogP contribution in [0.25, 0.3) is 0 Å². The van der Waals surface area contributed by atoms with Crippen LogP contribution in [-0.4, -0.2) is 57.0 Å². The molecule has 1 rings (SSSR count). The molecule has 6 nitrogen and oxygen atoms in total. The Bertz CT molecular complexity index is 574. The van der Waals surface area contributed by atoms with E-state index in [9.17, 15) is 22.0 Å². The van der Waals surface area contributed by atoms with Crippen molar-refractivity contribution in [3.8, 4) is 0 Å². The molecule has 0 saturated heterocycles. The van der Waals surface area contributed by atoms with Gasteiger partial charge < -0.3 is 9.84 Å². The van der Waals surface area contributed by atoms with Crippen LogP contribution in [0, 0.1) is 0 Å². The smallest absolute Gasteiger partial charge is 0.337 e. The quantitative estimate of drug-likeness (QED) is 0.748. The van der Waals surface area contributed by atoms with Gasteiger partial charge in [-0.2, -0.15) is 4.31 Å². The Morgan fingerprint density at radius 2 is 1.90 bits per heavy atom. The van der Waals surface area contributed by atoms with Crippen molar-refractivity contribution in [3.05, 3.63) is 29.8 Å². The molecule has 1 aromatic rings. The Hall–Kier alpha value is -1.58. The molecular formula is C12H15F2NO5S. The van der Waals surface area contributed by atoms with E-state index in [2.05, 4.69) is 4.74 Å². The SMILES string of the molecule is COC(=O)c1ccc(S(=O)(=O)N(CCO)CC(F)F)cc1. The third kappa shape index (κ3) is 4.45. The highest BCUT2D eigenvalue weighted by atomic mass is 32.2. The van der Waals surface area contributed by atoms with Gasteiger partial charge in [-0.1, -0.05) is 0 Å². The minimum absolute atomic E-state index is 0.138. The zero-order valence-corrected chi connectivity index (χ0v) is 12.0. The van der Waals surface area contributed by atoms with Gasteiger partial charge in [-0.25, -0.2) is 22.0 Å². The van der Waals surface area contributed by atoms with Crippen LogP contribution in [0.4, 0.5) is 8.78 Å². The molecule has 9 heteroatoms. The monoisotopic (exact) mass is 323 g/mol. The number of aliphatic hydroxyl groups is 1. The lowest BCUT2D eigenvalue weighted by Gasteiger charge is -2.20. The van der Waals surface area contributed by atoms with Crippen molar-refractivity contribution in [1.82, 2.24) is 4.31 Å². The highest BCUT2D eigenvalue weighted by Gasteiger charge is 2.27. The van der Waals surface area contributed by atoms with E-state index in [4.69, 9.17) is 5.11 Å². The molecule has 0 aliphatic rings. The first kappa shape index (κ1) is 17.5. The van der Waals surface area contributed by atoms with Gasteiger partial charge in [0, 0.05) is 6.54 Å². The highest BCUT2D eigenvalue weighted by molar-refractivity contribution is 7.89. The van der Waals surface area contributed by atoms with Crippen molar-refractivity contribution < 1.29 is 31.8 Å². The molecule has 0 aromatic heterocycles. The molecule has 0 radical (unpaired) electrons. The van der Waals surface area contributed by atoms with Gasteiger partial charge in [-0.3, -0.25) is 0 Å². The number of hydrogen-bond donors (Lipinski definition) is 1. The summed E-state index contributed by atoms with van der Waals surface area (Å²) >= 11 is 0. The number of ether oxygens (including phenoxy) is 1. The van der Waals surface area contributed by atoms with Crippen LogP contribution < -0.4 is 0 Å². The molecule has 0 atom stereocenters. The highest BCUT2D eigenvalue weighted by Crippen LogP contribution is 2.17. The average Bonchev–Trinajstić information content (AvgIpc) is 2.45. The number of esters is 1. The Balaban J connectivity index is 3.07. The van der Waals surface area contributed by atoms with Crippen LogP contribution in [-0.2, 0) is 14.8 Å². The van der Waals surface area contributed by atoms with Crippen molar-refractivity contribution in [3.63, 3.8) is 0 Å². The maximum absolute atomic E-state index is 12.4. The summed E-state index contributed by atoms with van der Waals surface area (Å²) in [6.07, 6.45) is -2.86. The van der Waals surface area contributed by atoms with E-state index in [0.29, 0.717) is 4.31 Å². The molecule has 0 aliphatic carbocycles. The maximum atomic E-state index is 12.4. The van der Waals surface area contributed by atoms with Crippen LogP contribution in [0.3, 0.4) is 0 Å². The molecule has 0 aliphatic heterocycles. The van der Waals surface area contributed by atoms with Crippen molar-refractivity contribution in [2.75, 3.05) is 26.8 Å². The lowest BCUT2D eigenvalue weighted by Crippen LogP contribution is -2.37. The second-order valence-electron chi connectivity index (χ2n) is 3.99. The number of rotatable bonds is 7. The fraction of sp³-hybridized carbons (Fsp3) is 0.417. The largest absolute Gasteiger partial charge is 0.465 e. The Labute approximate surface area is 121 Å². The van der Waals surface area contributed by atoms with Gasteiger partial charge >= 0.3 is 5.97 Å². The average molecular weight is 323 g/mol. The maximum Gasteiger partial charge on any atom is 0.337 e. The van der Waals surface area contributed by atoms with Crippen LogP contribution in [0.15, 0.2) is 29.2 Å². The van der Waals surface area contributed by atoms with Gasteiger partial charge in [0.05, 0.1) is 30.7 Å². The van der Waals surface area contributed by atoms with E-state index in [1.54, 1.807) is 0 Å². The third-order valence-electron chi connectivity index (χ3n) is 2.60. The molecule has 1 N–H and O–H groups in total. The van der Waals surface area contributed by atoms with Crippen LogP contribution in [0.1, 0.15) is 10.4 Å². The number of halogens is 2. The molecule has 0 unspecified atom stereocenters. The second-order valence-corrected chi connectivity index (χ2v) is 5.93. The number of methoxy groups -OCH3 is 1. The van der Waals surface area contributed by atoms with Gasteiger partial charge in [-0.15, -0.1) is 0 Å². The summed E-state index contributed by atoms with van der Waals surface area (Å²) in [6.45, 7) is -2.03. The molecule has 1 aromatic carbocycles. The zero-order chi connectivity index (χ0) is 16.0. The number of hydrogen-bond acceptors (Lipinski definition) is 5. The number of carbonyl (C=O) groups is 1. The van der Waals surface area contributed by atoms with Crippen molar-refractivity contribution >= 4 is 16.0 Å². The van der Waals surface area contributed by atoms with Crippen molar-refractivity contribution in [2.45, 2.75) is 11.3 Å². The normalized spacial score (nSPS) is 11.9. The number of carbonyl (C=O) groups excluding carboxylic acids is 1. The van der Waals surface area contributed by atoms with Gasteiger partial charge in [0.25, 0.3) is 6.43 Å². The first-order valence-electron chi connectivity index (χ1n) is 5.90. The van der Waals surface area contributed by atoms with E-state index >= 15 is 0 Å². The third-order valence-corrected chi connectivity index (χ3v) is 4.48. The van der Waals surface area contributed by atoms with Crippen LogP contribution >= 0.6 is 0 Å². The molecule has 0 bridgehead atoms. The topological polar surface area (TPSA) is 83.9 Å². The summed E-state index contributed by atoms with van der Waals surface area (Å²) < 4.78 is 54.2. The predicted octanol–water partition coefficient (Wildman–Crippen LogP) is 0.721. The molecule has 0 saturated carbocycles. The first-order chi connectivity index (χ1) is 9.82.